The SMILES string of the molecule is CCCCCCCCCCCCCC[C@H](OC(=O)c1ccccc1)C(=O)[C@H]1COC2(CCCCC2)O1. The number of benzene rings is 1. The fourth-order valence-electron chi connectivity index (χ4n) is 5.46. The van der Waals surface area contributed by atoms with Gasteiger partial charge in [-0.1, -0.05) is 102 Å². The molecule has 2 fully saturated rings. The summed E-state index contributed by atoms with van der Waals surface area (Å²) in [5, 5.41) is 0. The first-order valence-electron chi connectivity index (χ1n) is 14.7. The molecule has 0 aromatic heterocycles. The van der Waals surface area contributed by atoms with Gasteiger partial charge in [0.1, 0.15) is 6.10 Å². The second kappa shape index (κ2) is 16.2. The van der Waals surface area contributed by atoms with Gasteiger partial charge in [-0.2, -0.15) is 0 Å². The molecule has 5 heteroatoms. The number of ketones is 1. The first-order chi connectivity index (χ1) is 17.6. The van der Waals surface area contributed by atoms with Crippen molar-refractivity contribution >= 4 is 11.8 Å². The minimum Gasteiger partial charge on any atom is -0.451 e. The summed E-state index contributed by atoms with van der Waals surface area (Å²) < 4.78 is 17.9. The van der Waals surface area contributed by atoms with E-state index in [9.17, 15) is 9.59 Å². The van der Waals surface area contributed by atoms with Gasteiger partial charge >= 0.3 is 5.97 Å². The third-order valence-corrected chi connectivity index (χ3v) is 7.68. The van der Waals surface area contributed by atoms with Crippen LogP contribution < -0.4 is 0 Å². The normalized spacial score (nSPS) is 19.9. The van der Waals surface area contributed by atoms with Gasteiger partial charge in [0.05, 0.1) is 12.2 Å². The summed E-state index contributed by atoms with van der Waals surface area (Å²) in [7, 11) is 0. The number of carbonyl (C=O) groups excluding carboxylic acids is 2. The van der Waals surface area contributed by atoms with Crippen molar-refractivity contribution in [3.05, 3.63) is 35.9 Å². The maximum Gasteiger partial charge on any atom is 0.338 e. The fraction of sp³-hybridized carbons (Fsp3) is 0.742. The molecular weight excluding hydrogens is 452 g/mol. The lowest BCUT2D eigenvalue weighted by Gasteiger charge is -2.31. The number of Topliss-reactive ketones (excluding diaryl/α,β-unsaturated/α-hetero) is 1. The second-order valence-electron chi connectivity index (χ2n) is 10.7. The van der Waals surface area contributed by atoms with Crippen molar-refractivity contribution in [2.75, 3.05) is 6.61 Å². The molecule has 1 saturated heterocycles. The zero-order valence-electron chi connectivity index (χ0n) is 22.5. The van der Waals surface area contributed by atoms with Gasteiger partial charge in [-0.3, -0.25) is 4.79 Å². The molecule has 0 bridgehead atoms. The third-order valence-electron chi connectivity index (χ3n) is 7.68. The molecule has 1 aliphatic heterocycles. The number of rotatable bonds is 17. The van der Waals surface area contributed by atoms with Crippen molar-refractivity contribution in [3.8, 4) is 0 Å². The molecule has 1 spiro atoms. The Morgan fingerprint density at radius 1 is 0.861 bits per heavy atom. The molecular formula is C31H48O5. The van der Waals surface area contributed by atoms with Gasteiger partial charge in [0.15, 0.2) is 11.9 Å². The van der Waals surface area contributed by atoms with E-state index >= 15 is 0 Å². The Morgan fingerprint density at radius 2 is 1.44 bits per heavy atom. The quantitative estimate of drug-likeness (QED) is 0.160. The molecule has 36 heavy (non-hydrogen) atoms. The van der Waals surface area contributed by atoms with Gasteiger partial charge in [0.2, 0.25) is 5.78 Å². The lowest BCUT2D eigenvalue weighted by atomic mass is 9.94. The average Bonchev–Trinajstić information content (AvgIpc) is 3.31. The van der Waals surface area contributed by atoms with E-state index in [1.54, 1.807) is 24.3 Å². The number of hydrogen-bond acceptors (Lipinski definition) is 5. The van der Waals surface area contributed by atoms with E-state index in [0.29, 0.717) is 12.0 Å². The van der Waals surface area contributed by atoms with Crippen molar-refractivity contribution in [3.63, 3.8) is 0 Å². The fourth-order valence-corrected chi connectivity index (χ4v) is 5.46. The molecule has 0 unspecified atom stereocenters. The minimum atomic E-state index is -0.784. The molecule has 1 saturated carbocycles. The van der Waals surface area contributed by atoms with E-state index in [1.807, 2.05) is 6.07 Å². The number of ether oxygens (including phenoxy) is 3. The molecule has 5 nitrogen and oxygen atoms in total. The molecule has 3 rings (SSSR count). The topological polar surface area (TPSA) is 61.8 Å². The number of unbranched alkanes of at least 4 members (excludes halogenated alkanes) is 11. The number of hydrogen-bond donors (Lipinski definition) is 0. The van der Waals surface area contributed by atoms with Crippen LogP contribution in [-0.4, -0.2) is 36.4 Å². The Morgan fingerprint density at radius 3 is 2.06 bits per heavy atom. The van der Waals surface area contributed by atoms with Crippen molar-refractivity contribution in [1.29, 1.82) is 0 Å². The van der Waals surface area contributed by atoms with Crippen molar-refractivity contribution < 1.29 is 23.8 Å². The van der Waals surface area contributed by atoms with Gasteiger partial charge in [-0.25, -0.2) is 4.79 Å². The maximum atomic E-state index is 13.4. The van der Waals surface area contributed by atoms with Crippen LogP contribution in [-0.2, 0) is 19.0 Å². The Labute approximate surface area is 218 Å². The van der Waals surface area contributed by atoms with Crippen LogP contribution >= 0.6 is 0 Å². The van der Waals surface area contributed by atoms with Crippen molar-refractivity contribution in [2.45, 2.75) is 140 Å². The van der Waals surface area contributed by atoms with E-state index in [2.05, 4.69) is 6.92 Å². The molecule has 1 aliphatic carbocycles. The van der Waals surface area contributed by atoms with E-state index in [0.717, 1.165) is 44.9 Å². The van der Waals surface area contributed by atoms with Crippen LogP contribution in [0.1, 0.15) is 133 Å². The Balaban J connectivity index is 1.41. The van der Waals surface area contributed by atoms with E-state index in [-0.39, 0.29) is 12.4 Å². The molecule has 202 valence electrons. The lowest BCUT2D eigenvalue weighted by molar-refractivity contribution is -0.190. The van der Waals surface area contributed by atoms with Crippen LogP contribution in [0.4, 0.5) is 0 Å². The minimum absolute atomic E-state index is 0.148. The molecule has 0 amide bonds. The van der Waals surface area contributed by atoms with Gasteiger partial charge in [-0.05, 0) is 37.8 Å². The van der Waals surface area contributed by atoms with Crippen LogP contribution in [0.15, 0.2) is 30.3 Å². The Hall–Kier alpha value is -1.72. The van der Waals surface area contributed by atoms with Crippen molar-refractivity contribution in [1.82, 2.24) is 0 Å². The van der Waals surface area contributed by atoms with E-state index < -0.39 is 24.0 Å². The monoisotopic (exact) mass is 500 g/mol. The van der Waals surface area contributed by atoms with Crippen LogP contribution in [0.3, 0.4) is 0 Å². The zero-order valence-corrected chi connectivity index (χ0v) is 22.5. The third kappa shape index (κ3) is 9.63. The van der Waals surface area contributed by atoms with Crippen LogP contribution in [0.2, 0.25) is 0 Å². The highest BCUT2D eigenvalue weighted by Gasteiger charge is 2.46. The van der Waals surface area contributed by atoms with Crippen LogP contribution in [0.25, 0.3) is 0 Å². The highest BCUT2D eigenvalue weighted by Crippen LogP contribution is 2.38. The Bertz CT molecular complexity index is 755. The Kier molecular flexibility index (Phi) is 13.0. The summed E-state index contributed by atoms with van der Waals surface area (Å²) in [5.74, 6) is -1.20. The van der Waals surface area contributed by atoms with Crippen LogP contribution in [0.5, 0.6) is 0 Å². The molecule has 2 aliphatic rings. The zero-order chi connectivity index (χ0) is 25.5. The van der Waals surface area contributed by atoms with E-state index in [1.165, 1.54) is 64.2 Å². The van der Waals surface area contributed by atoms with Gasteiger partial charge in [0.25, 0.3) is 0 Å². The first kappa shape index (κ1) is 28.8. The predicted octanol–water partition coefficient (Wildman–Crippen LogP) is 7.95. The lowest BCUT2D eigenvalue weighted by Crippen LogP contribution is -2.39. The van der Waals surface area contributed by atoms with Gasteiger partial charge in [-0.15, -0.1) is 0 Å². The summed E-state index contributed by atoms with van der Waals surface area (Å²) in [6.07, 6.45) is 19.2. The summed E-state index contributed by atoms with van der Waals surface area (Å²) in [6.45, 7) is 2.52. The van der Waals surface area contributed by atoms with Crippen LogP contribution in [0, 0.1) is 0 Å². The molecule has 0 N–H and O–H groups in total. The average molecular weight is 501 g/mol. The smallest absolute Gasteiger partial charge is 0.338 e. The summed E-state index contributed by atoms with van der Waals surface area (Å²) in [4.78, 5) is 26.1. The molecule has 0 radical (unpaired) electrons. The highest BCUT2D eigenvalue weighted by molar-refractivity contribution is 5.94. The first-order valence-corrected chi connectivity index (χ1v) is 14.7. The number of esters is 1. The highest BCUT2D eigenvalue weighted by atomic mass is 16.7. The van der Waals surface area contributed by atoms with Crippen molar-refractivity contribution in [2.24, 2.45) is 0 Å². The molecule has 1 aromatic rings. The molecule has 1 heterocycles. The number of carbonyl (C=O) groups is 2. The maximum absolute atomic E-state index is 13.4. The molecule has 1 aromatic carbocycles. The van der Waals surface area contributed by atoms with E-state index in [4.69, 9.17) is 14.2 Å². The summed E-state index contributed by atoms with van der Waals surface area (Å²) in [5.41, 5.74) is 0.470. The predicted molar refractivity (Wildman–Crippen MR) is 143 cm³/mol. The standard InChI is InChI=1S/C31H48O5/c1-2-3-4-5-6-7-8-9-10-11-12-17-22-27(35-30(33)26-20-15-13-16-21-26)29(32)28-25-34-31(36-28)23-18-14-19-24-31/h13,15-16,20-21,27-28H,2-12,14,17-19,22-25H2,1H3/t27-,28+/m0/s1. The van der Waals surface area contributed by atoms with Gasteiger partial charge in [0, 0.05) is 12.8 Å². The second-order valence-corrected chi connectivity index (χ2v) is 10.7. The summed E-state index contributed by atoms with van der Waals surface area (Å²) >= 11 is 0. The van der Waals surface area contributed by atoms with Gasteiger partial charge < -0.3 is 14.2 Å². The summed E-state index contributed by atoms with van der Waals surface area (Å²) in [6, 6.07) is 8.91. The largest absolute Gasteiger partial charge is 0.451 e. The molecule has 2 atom stereocenters.